The summed E-state index contributed by atoms with van der Waals surface area (Å²) >= 11 is 0. The third-order valence-electron chi connectivity index (χ3n) is 5.49. The van der Waals surface area contributed by atoms with Crippen LogP contribution in [0.25, 0.3) is 0 Å². The minimum absolute atomic E-state index is 0.248. The second-order valence-electron chi connectivity index (χ2n) is 7.63. The van der Waals surface area contributed by atoms with Gasteiger partial charge in [-0.05, 0) is 67.8 Å². The third kappa shape index (κ3) is 5.83. The van der Waals surface area contributed by atoms with Crippen molar-refractivity contribution in [3.63, 3.8) is 0 Å². The first-order valence-corrected chi connectivity index (χ1v) is 10.4. The lowest BCUT2D eigenvalue weighted by atomic mass is 9.99. The molecular weight excluding hydrogens is 350 g/mol. The SMILES string of the molecule is Cc1ccc2c(c1OCCCc1ccccc1)CCN(CCCC(=O)O)CC2. The molecule has 0 spiro atoms. The van der Waals surface area contributed by atoms with E-state index >= 15 is 0 Å². The topological polar surface area (TPSA) is 49.8 Å². The van der Waals surface area contributed by atoms with Gasteiger partial charge in [-0.1, -0.05) is 42.5 Å². The molecule has 0 amide bonds. The fourth-order valence-electron chi connectivity index (χ4n) is 3.93. The van der Waals surface area contributed by atoms with Crippen LogP contribution in [0, 0.1) is 6.92 Å². The Kier molecular flexibility index (Phi) is 7.49. The Labute approximate surface area is 168 Å². The average molecular weight is 382 g/mol. The van der Waals surface area contributed by atoms with Crippen LogP contribution in [0.4, 0.5) is 0 Å². The lowest BCUT2D eigenvalue weighted by Crippen LogP contribution is -2.27. The highest BCUT2D eigenvalue weighted by Gasteiger charge is 2.19. The van der Waals surface area contributed by atoms with E-state index in [2.05, 4.69) is 48.2 Å². The van der Waals surface area contributed by atoms with Crippen LogP contribution < -0.4 is 4.74 Å². The highest BCUT2D eigenvalue weighted by Crippen LogP contribution is 2.30. The van der Waals surface area contributed by atoms with Crippen molar-refractivity contribution in [1.29, 1.82) is 0 Å². The van der Waals surface area contributed by atoms with Gasteiger partial charge in [-0.3, -0.25) is 4.79 Å². The Morgan fingerprint density at radius 1 is 1.07 bits per heavy atom. The van der Waals surface area contributed by atoms with Crippen molar-refractivity contribution in [3.8, 4) is 5.75 Å². The van der Waals surface area contributed by atoms with Gasteiger partial charge in [0.15, 0.2) is 0 Å². The zero-order chi connectivity index (χ0) is 19.8. The fraction of sp³-hybridized carbons (Fsp3) is 0.458. The van der Waals surface area contributed by atoms with Crippen LogP contribution in [0.15, 0.2) is 42.5 Å². The van der Waals surface area contributed by atoms with Crippen molar-refractivity contribution in [3.05, 3.63) is 64.7 Å². The van der Waals surface area contributed by atoms with E-state index in [1.54, 1.807) is 0 Å². The van der Waals surface area contributed by atoms with Crippen molar-refractivity contribution < 1.29 is 14.6 Å². The van der Waals surface area contributed by atoms with Crippen LogP contribution in [0.5, 0.6) is 5.75 Å². The van der Waals surface area contributed by atoms with Gasteiger partial charge < -0.3 is 14.7 Å². The van der Waals surface area contributed by atoms with Crippen LogP contribution in [0.3, 0.4) is 0 Å². The number of benzene rings is 2. The molecule has 1 aliphatic rings. The molecule has 2 aromatic carbocycles. The maximum absolute atomic E-state index is 10.8. The van der Waals surface area contributed by atoms with E-state index in [4.69, 9.17) is 9.84 Å². The monoisotopic (exact) mass is 381 g/mol. The summed E-state index contributed by atoms with van der Waals surface area (Å²) in [5.41, 5.74) is 5.29. The van der Waals surface area contributed by atoms with Gasteiger partial charge in [0.25, 0.3) is 0 Å². The van der Waals surface area contributed by atoms with E-state index in [0.29, 0.717) is 6.42 Å². The van der Waals surface area contributed by atoms with E-state index in [-0.39, 0.29) is 6.42 Å². The molecule has 0 unspecified atom stereocenters. The van der Waals surface area contributed by atoms with Crippen LogP contribution in [-0.2, 0) is 24.1 Å². The van der Waals surface area contributed by atoms with E-state index in [1.165, 1.54) is 22.3 Å². The molecule has 2 aromatic rings. The summed E-state index contributed by atoms with van der Waals surface area (Å²) in [7, 11) is 0. The molecule has 0 aliphatic carbocycles. The molecule has 150 valence electrons. The number of hydrogen-bond donors (Lipinski definition) is 1. The highest BCUT2D eigenvalue weighted by atomic mass is 16.5. The first-order valence-electron chi connectivity index (χ1n) is 10.4. The summed E-state index contributed by atoms with van der Waals surface area (Å²) in [6.07, 6.45) is 4.98. The summed E-state index contributed by atoms with van der Waals surface area (Å²) in [5.74, 6) is 0.359. The Hall–Kier alpha value is -2.33. The molecule has 0 saturated heterocycles. The second kappa shape index (κ2) is 10.3. The largest absolute Gasteiger partial charge is 0.493 e. The van der Waals surface area contributed by atoms with E-state index < -0.39 is 5.97 Å². The predicted octanol–water partition coefficient (Wildman–Crippen LogP) is 4.27. The van der Waals surface area contributed by atoms with Gasteiger partial charge in [-0.2, -0.15) is 0 Å². The van der Waals surface area contributed by atoms with E-state index in [0.717, 1.165) is 57.7 Å². The number of carbonyl (C=O) groups is 1. The van der Waals surface area contributed by atoms with E-state index in [9.17, 15) is 4.79 Å². The molecule has 4 nitrogen and oxygen atoms in total. The summed E-state index contributed by atoms with van der Waals surface area (Å²) < 4.78 is 6.26. The minimum Gasteiger partial charge on any atom is -0.493 e. The molecule has 0 bridgehead atoms. The van der Waals surface area contributed by atoms with Crippen molar-refractivity contribution in [2.75, 3.05) is 26.2 Å². The van der Waals surface area contributed by atoms with Gasteiger partial charge in [0.2, 0.25) is 0 Å². The molecule has 0 fully saturated rings. The highest BCUT2D eigenvalue weighted by molar-refractivity contribution is 5.66. The van der Waals surface area contributed by atoms with Crippen LogP contribution in [-0.4, -0.2) is 42.2 Å². The Morgan fingerprint density at radius 2 is 1.86 bits per heavy atom. The zero-order valence-corrected chi connectivity index (χ0v) is 16.8. The number of nitrogens with zero attached hydrogens (tertiary/aromatic N) is 1. The maximum Gasteiger partial charge on any atom is 0.303 e. The molecule has 0 atom stereocenters. The molecule has 0 aromatic heterocycles. The number of hydrogen-bond acceptors (Lipinski definition) is 3. The first-order chi connectivity index (χ1) is 13.6. The lowest BCUT2D eigenvalue weighted by molar-refractivity contribution is -0.137. The number of fused-ring (bicyclic) bond motifs is 1. The summed E-state index contributed by atoms with van der Waals surface area (Å²) in [4.78, 5) is 13.1. The number of carboxylic acids is 1. The third-order valence-corrected chi connectivity index (χ3v) is 5.49. The predicted molar refractivity (Wildman–Crippen MR) is 112 cm³/mol. The molecule has 1 N–H and O–H groups in total. The van der Waals surface area contributed by atoms with E-state index in [1.807, 2.05) is 6.07 Å². The van der Waals surface area contributed by atoms with Crippen LogP contribution in [0.1, 0.15) is 41.5 Å². The van der Waals surface area contributed by atoms with Crippen LogP contribution >= 0.6 is 0 Å². The maximum atomic E-state index is 10.8. The summed E-state index contributed by atoms with van der Waals surface area (Å²) in [6, 6.07) is 15.0. The normalized spacial score (nSPS) is 14.3. The van der Waals surface area contributed by atoms with Gasteiger partial charge in [0, 0.05) is 19.5 Å². The first kappa shape index (κ1) is 20.4. The fourth-order valence-corrected chi connectivity index (χ4v) is 3.93. The lowest BCUT2D eigenvalue weighted by Gasteiger charge is -2.19. The van der Waals surface area contributed by atoms with Gasteiger partial charge in [0.05, 0.1) is 6.61 Å². The molecule has 3 rings (SSSR count). The van der Waals surface area contributed by atoms with Gasteiger partial charge in [-0.15, -0.1) is 0 Å². The number of rotatable bonds is 9. The molecule has 0 saturated carbocycles. The van der Waals surface area contributed by atoms with Crippen molar-refractivity contribution >= 4 is 5.97 Å². The standard InChI is InChI=1S/C24H31NO3/c1-19-11-12-21-13-16-25(15-5-10-23(26)27)17-14-22(21)24(19)28-18-6-9-20-7-3-2-4-8-20/h2-4,7-8,11-12H,5-6,9-10,13-18H2,1H3,(H,26,27). The Bertz CT molecular complexity index is 773. The quantitative estimate of drug-likeness (QED) is 0.659. The Balaban J connectivity index is 1.56. The van der Waals surface area contributed by atoms with Gasteiger partial charge >= 0.3 is 5.97 Å². The smallest absolute Gasteiger partial charge is 0.303 e. The van der Waals surface area contributed by atoms with Crippen LogP contribution in [0.2, 0.25) is 0 Å². The van der Waals surface area contributed by atoms with Gasteiger partial charge in [-0.25, -0.2) is 0 Å². The summed E-state index contributed by atoms with van der Waals surface area (Å²) in [5, 5.41) is 8.85. The molecule has 1 heterocycles. The number of aryl methyl sites for hydroxylation is 2. The molecule has 0 radical (unpaired) electrons. The summed E-state index contributed by atoms with van der Waals surface area (Å²) in [6.45, 7) is 5.67. The molecule has 4 heteroatoms. The molecule has 28 heavy (non-hydrogen) atoms. The van der Waals surface area contributed by atoms with Crippen molar-refractivity contribution in [2.24, 2.45) is 0 Å². The molecular formula is C24H31NO3. The van der Waals surface area contributed by atoms with Crippen molar-refractivity contribution in [2.45, 2.75) is 45.4 Å². The Morgan fingerprint density at radius 3 is 2.64 bits per heavy atom. The number of ether oxygens (including phenoxy) is 1. The number of carboxylic acid groups (broad SMARTS) is 1. The zero-order valence-electron chi connectivity index (χ0n) is 16.8. The average Bonchev–Trinajstić information content (AvgIpc) is 2.90. The molecule has 1 aliphatic heterocycles. The number of aliphatic carboxylic acids is 1. The van der Waals surface area contributed by atoms with Crippen molar-refractivity contribution in [1.82, 2.24) is 4.90 Å². The van der Waals surface area contributed by atoms with Gasteiger partial charge in [0.1, 0.15) is 5.75 Å². The minimum atomic E-state index is -0.708. The second-order valence-corrected chi connectivity index (χ2v) is 7.63.